The summed E-state index contributed by atoms with van der Waals surface area (Å²) in [6, 6.07) is 12.4. The molecule has 2 N–H and O–H groups in total. The third-order valence-electron chi connectivity index (χ3n) is 2.97. The van der Waals surface area contributed by atoms with E-state index in [1.807, 2.05) is 12.1 Å². The van der Waals surface area contributed by atoms with E-state index < -0.39 is 4.92 Å². The number of benzene rings is 2. The monoisotopic (exact) mass is 272 g/mol. The predicted octanol–water partition coefficient (Wildman–Crippen LogP) is 3.20. The lowest BCUT2D eigenvalue weighted by Crippen LogP contribution is -2.02. The van der Waals surface area contributed by atoms with Gasteiger partial charge in [-0.2, -0.15) is 0 Å². The number of hydrogen-bond donors (Lipinski definition) is 1. The van der Waals surface area contributed by atoms with Crippen molar-refractivity contribution in [2.75, 3.05) is 6.54 Å². The lowest BCUT2D eigenvalue weighted by Gasteiger charge is -2.08. The maximum absolute atomic E-state index is 11.1. The van der Waals surface area contributed by atoms with E-state index in [0.717, 1.165) is 12.0 Å². The zero-order valence-corrected chi connectivity index (χ0v) is 11.2. The van der Waals surface area contributed by atoms with Crippen LogP contribution in [0.5, 0.6) is 11.5 Å². The molecular weight excluding hydrogens is 256 g/mol. The Bertz CT molecular complexity index is 609. The third kappa shape index (κ3) is 3.13. The fourth-order valence-corrected chi connectivity index (χ4v) is 1.97. The van der Waals surface area contributed by atoms with Gasteiger partial charge in [-0.3, -0.25) is 10.1 Å². The second-order valence-corrected chi connectivity index (χ2v) is 4.46. The van der Waals surface area contributed by atoms with E-state index >= 15 is 0 Å². The molecule has 0 bridgehead atoms. The van der Waals surface area contributed by atoms with Gasteiger partial charge in [0.15, 0.2) is 0 Å². The Labute approximate surface area is 117 Å². The standard InChI is InChI=1S/C15H16N2O3/c1-11-3-2-4-14(15(11)17(18)19)20-13-7-5-12(6-8-13)9-10-16/h2-8H,9-10,16H2,1H3. The summed E-state index contributed by atoms with van der Waals surface area (Å²) < 4.78 is 5.61. The van der Waals surface area contributed by atoms with Crippen molar-refractivity contribution in [1.29, 1.82) is 0 Å². The minimum Gasteiger partial charge on any atom is -0.450 e. The number of nitrogens with two attached hydrogens (primary N) is 1. The molecule has 20 heavy (non-hydrogen) atoms. The quantitative estimate of drug-likeness (QED) is 0.669. The van der Waals surface area contributed by atoms with Crippen LogP contribution < -0.4 is 10.5 Å². The van der Waals surface area contributed by atoms with Gasteiger partial charge in [0.1, 0.15) is 5.75 Å². The van der Waals surface area contributed by atoms with Gasteiger partial charge in [-0.25, -0.2) is 0 Å². The van der Waals surface area contributed by atoms with Crippen LogP contribution in [0.1, 0.15) is 11.1 Å². The van der Waals surface area contributed by atoms with Crippen molar-refractivity contribution < 1.29 is 9.66 Å². The van der Waals surface area contributed by atoms with Crippen LogP contribution in [0.15, 0.2) is 42.5 Å². The Kier molecular flexibility index (Phi) is 4.32. The van der Waals surface area contributed by atoms with Crippen LogP contribution >= 0.6 is 0 Å². The zero-order valence-electron chi connectivity index (χ0n) is 11.2. The molecule has 5 heteroatoms. The Balaban J connectivity index is 2.26. The molecule has 0 heterocycles. The molecule has 0 amide bonds. The Morgan fingerprint density at radius 1 is 1.20 bits per heavy atom. The second kappa shape index (κ2) is 6.16. The van der Waals surface area contributed by atoms with E-state index in [9.17, 15) is 10.1 Å². The first-order chi connectivity index (χ1) is 9.61. The van der Waals surface area contributed by atoms with Crippen LogP contribution in [0.25, 0.3) is 0 Å². The molecule has 0 radical (unpaired) electrons. The summed E-state index contributed by atoms with van der Waals surface area (Å²) >= 11 is 0. The fourth-order valence-electron chi connectivity index (χ4n) is 1.97. The third-order valence-corrected chi connectivity index (χ3v) is 2.97. The number of ether oxygens (including phenoxy) is 1. The van der Waals surface area contributed by atoms with Crippen molar-refractivity contribution in [3.63, 3.8) is 0 Å². The predicted molar refractivity (Wildman–Crippen MR) is 77.1 cm³/mol. The van der Waals surface area contributed by atoms with E-state index in [-0.39, 0.29) is 11.4 Å². The van der Waals surface area contributed by atoms with Gasteiger partial charge in [0, 0.05) is 5.56 Å². The van der Waals surface area contributed by atoms with Crippen LogP contribution in [-0.2, 0) is 6.42 Å². The first-order valence-corrected chi connectivity index (χ1v) is 6.32. The Morgan fingerprint density at radius 2 is 1.90 bits per heavy atom. The minimum atomic E-state index is -0.423. The summed E-state index contributed by atoms with van der Waals surface area (Å²) in [5.41, 5.74) is 7.17. The summed E-state index contributed by atoms with van der Waals surface area (Å²) in [7, 11) is 0. The van der Waals surface area contributed by atoms with E-state index in [0.29, 0.717) is 17.9 Å². The lowest BCUT2D eigenvalue weighted by atomic mass is 10.1. The molecule has 0 spiro atoms. The summed E-state index contributed by atoms with van der Waals surface area (Å²) in [6.45, 7) is 2.28. The van der Waals surface area contributed by atoms with Crippen molar-refractivity contribution in [3.8, 4) is 11.5 Å². The highest BCUT2D eigenvalue weighted by atomic mass is 16.6. The summed E-state index contributed by atoms with van der Waals surface area (Å²) in [5.74, 6) is 0.820. The van der Waals surface area contributed by atoms with Crippen LogP contribution in [0.2, 0.25) is 0 Å². The highest BCUT2D eigenvalue weighted by molar-refractivity contribution is 5.53. The maximum atomic E-state index is 11.1. The molecule has 0 aliphatic rings. The van der Waals surface area contributed by atoms with E-state index in [1.54, 1.807) is 37.3 Å². The van der Waals surface area contributed by atoms with Gasteiger partial charge in [0.2, 0.25) is 5.75 Å². The number of rotatable bonds is 5. The first kappa shape index (κ1) is 14.0. The molecule has 2 aromatic rings. The maximum Gasteiger partial charge on any atom is 0.314 e. The number of aryl methyl sites for hydroxylation is 1. The Hall–Kier alpha value is -2.40. The summed E-state index contributed by atoms with van der Waals surface area (Å²) in [5, 5.41) is 11.1. The molecule has 5 nitrogen and oxygen atoms in total. The number of para-hydroxylation sites is 1. The van der Waals surface area contributed by atoms with Gasteiger partial charge in [0.25, 0.3) is 0 Å². The van der Waals surface area contributed by atoms with Gasteiger partial charge in [-0.1, -0.05) is 24.3 Å². The van der Waals surface area contributed by atoms with E-state index in [4.69, 9.17) is 10.5 Å². The van der Waals surface area contributed by atoms with E-state index in [1.165, 1.54) is 0 Å². The number of nitro benzene ring substituents is 1. The highest BCUT2D eigenvalue weighted by Crippen LogP contribution is 2.33. The number of nitrogens with zero attached hydrogens (tertiary/aromatic N) is 1. The van der Waals surface area contributed by atoms with Crippen LogP contribution in [-0.4, -0.2) is 11.5 Å². The van der Waals surface area contributed by atoms with E-state index in [2.05, 4.69) is 0 Å². The van der Waals surface area contributed by atoms with Crippen molar-refractivity contribution in [1.82, 2.24) is 0 Å². The summed E-state index contributed by atoms with van der Waals surface area (Å²) in [6.07, 6.45) is 0.797. The van der Waals surface area contributed by atoms with Crippen LogP contribution in [0.4, 0.5) is 5.69 Å². The van der Waals surface area contributed by atoms with Crippen molar-refractivity contribution in [2.45, 2.75) is 13.3 Å². The van der Waals surface area contributed by atoms with Gasteiger partial charge in [0.05, 0.1) is 4.92 Å². The molecule has 0 unspecified atom stereocenters. The number of nitro groups is 1. The average molecular weight is 272 g/mol. The SMILES string of the molecule is Cc1cccc(Oc2ccc(CCN)cc2)c1[N+](=O)[O-]. The molecule has 0 aliphatic heterocycles. The normalized spacial score (nSPS) is 10.3. The van der Waals surface area contributed by atoms with Gasteiger partial charge in [-0.15, -0.1) is 0 Å². The average Bonchev–Trinajstić information content (AvgIpc) is 2.41. The van der Waals surface area contributed by atoms with Crippen molar-refractivity contribution >= 4 is 5.69 Å². The molecule has 104 valence electrons. The molecule has 2 rings (SSSR count). The largest absolute Gasteiger partial charge is 0.450 e. The smallest absolute Gasteiger partial charge is 0.314 e. The first-order valence-electron chi connectivity index (χ1n) is 6.32. The lowest BCUT2D eigenvalue weighted by molar-refractivity contribution is -0.386. The highest BCUT2D eigenvalue weighted by Gasteiger charge is 2.18. The molecule has 0 saturated carbocycles. The zero-order chi connectivity index (χ0) is 14.5. The van der Waals surface area contributed by atoms with Gasteiger partial charge < -0.3 is 10.5 Å². The van der Waals surface area contributed by atoms with Crippen LogP contribution in [0, 0.1) is 17.0 Å². The topological polar surface area (TPSA) is 78.4 Å². The second-order valence-electron chi connectivity index (χ2n) is 4.46. The van der Waals surface area contributed by atoms with Gasteiger partial charge >= 0.3 is 5.69 Å². The minimum absolute atomic E-state index is 0.00136. The molecule has 0 atom stereocenters. The fraction of sp³-hybridized carbons (Fsp3) is 0.200. The van der Waals surface area contributed by atoms with Crippen LogP contribution in [0.3, 0.4) is 0 Å². The molecule has 0 saturated heterocycles. The van der Waals surface area contributed by atoms with Crippen molar-refractivity contribution in [3.05, 3.63) is 63.7 Å². The number of hydrogen-bond acceptors (Lipinski definition) is 4. The summed E-state index contributed by atoms with van der Waals surface area (Å²) in [4.78, 5) is 10.7. The molecule has 0 fully saturated rings. The molecule has 0 aliphatic carbocycles. The van der Waals surface area contributed by atoms with Gasteiger partial charge in [-0.05, 0) is 43.7 Å². The molecule has 2 aromatic carbocycles. The van der Waals surface area contributed by atoms with Crippen molar-refractivity contribution in [2.24, 2.45) is 5.73 Å². The Morgan fingerprint density at radius 3 is 2.50 bits per heavy atom. The molecule has 0 aromatic heterocycles. The molecular formula is C15H16N2O3.